The van der Waals surface area contributed by atoms with E-state index in [-0.39, 0.29) is 23.9 Å². The van der Waals surface area contributed by atoms with Crippen molar-refractivity contribution >= 4 is 21.8 Å². The summed E-state index contributed by atoms with van der Waals surface area (Å²) in [7, 11) is -3.31. The molecule has 3 atom stereocenters. The molecule has 2 amide bonds. The number of rotatable bonds is 5. The topological polar surface area (TPSA) is 98.8 Å². The zero-order valence-corrected chi connectivity index (χ0v) is 15.6. The number of hydrogen-bond acceptors (Lipinski definition) is 5. The molecule has 8 nitrogen and oxygen atoms in total. The first-order valence-electron chi connectivity index (χ1n) is 8.32. The molecule has 2 aliphatic rings. The van der Waals surface area contributed by atoms with Gasteiger partial charge in [-0.3, -0.25) is 14.5 Å². The summed E-state index contributed by atoms with van der Waals surface area (Å²) in [5.74, 6) is 0.0801. The summed E-state index contributed by atoms with van der Waals surface area (Å²) < 4.78 is 25.6. The minimum atomic E-state index is -3.31. The molecule has 0 aromatic heterocycles. The van der Waals surface area contributed by atoms with Crippen LogP contribution in [0.15, 0.2) is 0 Å². The van der Waals surface area contributed by atoms with Gasteiger partial charge in [0.2, 0.25) is 21.8 Å². The molecule has 0 aromatic carbocycles. The largest absolute Gasteiger partial charge is 0.343 e. The Labute approximate surface area is 144 Å². The van der Waals surface area contributed by atoms with Crippen LogP contribution >= 0.6 is 0 Å². The third kappa shape index (κ3) is 5.15. The molecule has 0 saturated carbocycles. The van der Waals surface area contributed by atoms with Gasteiger partial charge in [0.15, 0.2) is 0 Å². The second-order valence-corrected chi connectivity index (χ2v) is 9.11. The lowest BCUT2D eigenvalue weighted by molar-refractivity contribution is -0.135. The number of nitrogens with zero attached hydrogens (tertiary/aromatic N) is 2. The fourth-order valence-corrected chi connectivity index (χ4v) is 4.45. The Kier molecular flexibility index (Phi) is 5.87. The van der Waals surface area contributed by atoms with Crippen LogP contribution in [-0.4, -0.2) is 80.6 Å². The molecule has 138 valence electrons. The standard InChI is InChI=1S/C15H28N4O4S/c1-10(2)6-18-8-13-5-12(17-24(4,22)23)7-19(13)15(21)14(9-18)16-11(3)20/h10,12-14,17H,5-9H2,1-4H3,(H,16,20)/t12-,13-,14-/m0/s1. The van der Waals surface area contributed by atoms with Gasteiger partial charge in [0.25, 0.3) is 0 Å². The number of fused-ring (bicyclic) bond motifs is 1. The normalized spacial score (nSPS) is 28.8. The third-order valence-corrected chi connectivity index (χ3v) is 5.05. The fourth-order valence-electron chi connectivity index (χ4n) is 3.68. The number of carbonyl (C=O) groups is 2. The van der Waals surface area contributed by atoms with Crippen LogP contribution in [-0.2, 0) is 19.6 Å². The van der Waals surface area contributed by atoms with Crippen LogP contribution in [0, 0.1) is 5.92 Å². The first-order chi connectivity index (χ1) is 11.0. The van der Waals surface area contributed by atoms with Crippen LogP contribution in [0.4, 0.5) is 0 Å². The summed E-state index contributed by atoms with van der Waals surface area (Å²) in [5, 5.41) is 2.74. The van der Waals surface area contributed by atoms with E-state index in [1.165, 1.54) is 6.92 Å². The van der Waals surface area contributed by atoms with Crippen LogP contribution in [0.3, 0.4) is 0 Å². The van der Waals surface area contributed by atoms with Crippen molar-refractivity contribution in [2.45, 2.75) is 45.3 Å². The van der Waals surface area contributed by atoms with Crippen molar-refractivity contribution < 1.29 is 18.0 Å². The molecular weight excluding hydrogens is 332 g/mol. The van der Waals surface area contributed by atoms with Gasteiger partial charge in [-0.05, 0) is 12.3 Å². The van der Waals surface area contributed by atoms with Crippen LogP contribution in [0.1, 0.15) is 27.2 Å². The maximum absolute atomic E-state index is 12.8. The number of sulfonamides is 1. The number of nitrogens with one attached hydrogen (secondary N) is 2. The Morgan fingerprint density at radius 1 is 1.29 bits per heavy atom. The highest BCUT2D eigenvalue weighted by Crippen LogP contribution is 2.24. The lowest BCUT2D eigenvalue weighted by atomic mass is 10.1. The first kappa shape index (κ1) is 19.1. The van der Waals surface area contributed by atoms with E-state index in [2.05, 4.69) is 28.8 Å². The fraction of sp³-hybridized carbons (Fsp3) is 0.867. The molecule has 0 bridgehead atoms. The van der Waals surface area contributed by atoms with E-state index in [9.17, 15) is 18.0 Å². The highest BCUT2D eigenvalue weighted by atomic mass is 32.2. The molecule has 2 aliphatic heterocycles. The third-order valence-electron chi connectivity index (χ3n) is 4.29. The summed E-state index contributed by atoms with van der Waals surface area (Å²) in [6, 6.07) is -0.886. The highest BCUT2D eigenvalue weighted by molar-refractivity contribution is 7.88. The van der Waals surface area contributed by atoms with E-state index >= 15 is 0 Å². The molecule has 2 fully saturated rings. The van der Waals surface area contributed by atoms with Crippen molar-refractivity contribution in [3.63, 3.8) is 0 Å². The smallest absolute Gasteiger partial charge is 0.246 e. The van der Waals surface area contributed by atoms with Gasteiger partial charge in [-0.15, -0.1) is 0 Å². The highest BCUT2D eigenvalue weighted by Gasteiger charge is 2.42. The molecule has 0 unspecified atom stereocenters. The van der Waals surface area contributed by atoms with E-state index in [4.69, 9.17) is 0 Å². The predicted octanol–water partition coefficient (Wildman–Crippen LogP) is -1.02. The SMILES string of the molecule is CC(=O)N[C@H]1CN(CC(C)C)C[C@@H]2C[C@H](NS(C)(=O)=O)CN2C1=O. The Hall–Kier alpha value is -1.19. The second kappa shape index (κ2) is 7.37. The molecule has 0 spiro atoms. The molecule has 2 N–H and O–H groups in total. The van der Waals surface area contributed by atoms with Crippen molar-refractivity contribution in [2.24, 2.45) is 5.92 Å². The van der Waals surface area contributed by atoms with Crippen molar-refractivity contribution in [3.8, 4) is 0 Å². The maximum Gasteiger partial charge on any atom is 0.246 e. The summed E-state index contributed by atoms with van der Waals surface area (Å²) >= 11 is 0. The average Bonchev–Trinajstić information content (AvgIpc) is 2.71. The zero-order chi connectivity index (χ0) is 18.1. The lowest BCUT2D eigenvalue weighted by Crippen LogP contribution is -2.51. The Bertz CT molecular complexity index is 592. The van der Waals surface area contributed by atoms with Gasteiger partial charge in [-0.2, -0.15) is 0 Å². The van der Waals surface area contributed by atoms with E-state index < -0.39 is 16.1 Å². The first-order valence-corrected chi connectivity index (χ1v) is 10.2. The summed E-state index contributed by atoms with van der Waals surface area (Å²) in [6.45, 7) is 8.00. The van der Waals surface area contributed by atoms with Crippen molar-refractivity contribution in [3.05, 3.63) is 0 Å². The van der Waals surface area contributed by atoms with Gasteiger partial charge >= 0.3 is 0 Å². The van der Waals surface area contributed by atoms with Gasteiger partial charge in [-0.1, -0.05) is 13.8 Å². The minimum absolute atomic E-state index is 0.0331. The molecule has 2 saturated heterocycles. The number of carbonyl (C=O) groups excluding carboxylic acids is 2. The average molecular weight is 360 g/mol. The predicted molar refractivity (Wildman–Crippen MR) is 90.8 cm³/mol. The molecule has 0 radical (unpaired) electrons. The molecule has 0 aromatic rings. The van der Waals surface area contributed by atoms with Gasteiger partial charge in [-0.25, -0.2) is 13.1 Å². The maximum atomic E-state index is 12.8. The molecule has 24 heavy (non-hydrogen) atoms. The minimum Gasteiger partial charge on any atom is -0.343 e. The Morgan fingerprint density at radius 2 is 1.96 bits per heavy atom. The monoisotopic (exact) mass is 360 g/mol. The van der Waals surface area contributed by atoms with Crippen LogP contribution < -0.4 is 10.0 Å². The summed E-state index contributed by atoms with van der Waals surface area (Å²) in [6.07, 6.45) is 1.73. The van der Waals surface area contributed by atoms with Gasteiger partial charge < -0.3 is 10.2 Å². The van der Waals surface area contributed by atoms with Crippen molar-refractivity contribution in [2.75, 3.05) is 32.4 Å². The number of amides is 2. The summed E-state index contributed by atoms with van der Waals surface area (Å²) in [5.41, 5.74) is 0. The van der Waals surface area contributed by atoms with Crippen molar-refractivity contribution in [1.82, 2.24) is 19.8 Å². The van der Waals surface area contributed by atoms with Gasteiger partial charge in [0.1, 0.15) is 6.04 Å². The van der Waals surface area contributed by atoms with E-state index in [1.54, 1.807) is 4.90 Å². The molecule has 2 heterocycles. The van der Waals surface area contributed by atoms with Crippen molar-refractivity contribution in [1.29, 1.82) is 0 Å². The Balaban J connectivity index is 2.18. The Morgan fingerprint density at radius 3 is 2.50 bits per heavy atom. The number of hydrogen-bond donors (Lipinski definition) is 2. The van der Waals surface area contributed by atoms with E-state index in [0.29, 0.717) is 32.0 Å². The van der Waals surface area contributed by atoms with E-state index in [0.717, 1.165) is 12.8 Å². The molecule has 0 aliphatic carbocycles. The second-order valence-electron chi connectivity index (χ2n) is 7.33. The molecular formula is C15H28N4O4S. The van der Waals surface area contributed by atoms with E-state index in [1.807, 2.05) is 0 Å². The molecule has 2 rings (SSSR count). The van der Waals surface area contributed by atoms with Crippen LogP contribution in [0.25, 0.3) is 0 Å². The van der Waals surface area contributed by atoms with Gasteiger partial charge in [0, 0.05) is 45.2 Å². The zero-order valence-electron chi connectivity index (χ0n) is 14.8. The van der Waals surface area contributed by atoms with Crippen LogP contribution in [0.2, 0.25) is 0 Å². The summed E-state index contributed by atoms with van der Waals surface area (Å²) in [4.78, 5) is 28.2. The molecule has 9 heteroatoms. The quantitative estimate of drug-likeness (QED) is 0.654. The lowest BCUT2D eigenvalue weighted by Gasteiger charge is -2.26. The van der Waals surface area contributed by atoms with Gasteiger partial charge in [0.05, 0.1) is 6.26 Å². The van der Waals surface area contributed by atoms with Crippen LogP contribution in [0.5, 0.6) is 0 Å².